The van der Waals surface area contributed by atoms with E-state index < -0.39 is 23.5 Å². The topological polar surface area (TPSA) is 49.8 Å². The predicted octanol–water partition coefficient (Wildman–Crippen LogP) is 2.44. The maximum atomic E-state index is 12.7. The Bertz CT molecular complexity index is 366. The number of hydrogen-bond acceptors (Lipinski definition) is 2. The summed E-state index contributed by atoms with van der Waals surface area (Å²) >= 11 is 0. The van der Waals surface area contributed by atoms with Gasteiger partial charge in [-0.25, -0.2) is 13.2 Å². The highest BCUT2D eigenvalue weighted by atomic mass is 35.5. The molecule has 82 valence electrons. The third-order valence-corrected chi connectivity index (χ3v) is 1.75. The van der Waals surface area contributed by atoms with Crippen LogP contribution in [0, 0.1) is 28.8 Å². The van der Waals surface area contributed by atoms with Gasteiger partial charge in [0.15, 0.2) is 17.5 Å². The zero-order chi connectivity index (χ0) is 10.7. The summed E-state index contributed by atoms with van der Waals surface area (Å²) in [6.07, 6.45) is -0.0789. The highest BCUT2D eigenvalue weighted by Gasteiger charge is 2.14. The van der Waals surface area contributed by atoms with Crippen LogP contribution in [0.1, 0.15) is 18.0 Å². The van der Waals surface area contributed by atoms with E-state index in [1.807, 2.05) is 0 Å². The van der Waals surface area contributed by atoms with Crippen molar-refractivity contribution in [3.8, 4) is 6.07 Å². The van der Waals surface area contributed by atoms with Crippen molar-refractivity contribution in [1.82, 2.24) is 0 Å². The first-order valence-electron chi connectivity index (χ1n) is 3.83. The van der Waals surface area contributed by atoms with Crippen LogP contribution in [0.3, 0.4) is 0 Å². The third-order valence-electron chi connectivity index (χ3n) is 1.75. The number of nitrogens with two attached hydrogens (primary N) is 1. The van der Waals surface area contributed by atoms with Crippen LogP contribution in [0.25, 0.3) is 0 Å². The molecule has 0 fully saturated rings. The average molecular weight is 237 g/mol. The minimum Gasteiger partial charge on any atom is -0.323 e. The van der Waals surface area contributed by atoms with Crippen LogP contribution in [-0.2, 0) is 0 Å². The lowest BCUT2D eigenvalue weighted by Gasteiger charge is -2.08. The van der Waals surface area contributed by atoms with Gasteiger partial charge in [0, 0.05) is 6.04 Å². The number of rotatable bonds is 2. The van der Waals surface area contributed by atoms with Crippen molar-refractivity contribution in [3.05, 3.63) is 35.1 Å². The summed E-state index contributed by atoms with van der Waals surface area (Å²) in [7, 11) is 0. The van der Waals surface area contributed by atoms with Gasteiger partial charge in [0.1, 0.15) is 0 Å². The summed E-state index contributed by atoms with van der Waals surface area (Å²) in [5, 5.41) is 8.30. The van der Waals surface area contributed by atoms with Crippen LogP contribution in [0.15, 0.2) is 12.1 Å². The molecule has 0 saturated carbocycles. The predicted molar refractivity (Wildman–Crippen MR) is 50.7 cm³/mol. The Morgan fingerprint density at radius 3 is 2.13 bits per heavy atom. The quantitative estimate of drug-likeness (QED) is 0.802. The second-order valence-corrected chi connectivity index (χ2v) is 2.77. The number of hydrogen-bond donors (Lipinski definition) is 1. The molecule has 1 aromatic rings. The number of nitrogens with zero attached hydrogens (tertiary/aromatic N) is 1. The zero-order valence-electron chi connectivity index (χ0n) is 7.51. The van der Waals surface area contributed by atoms with Crippen LogP contribution in [0.4, 0.5) is 13.2 Å². The van der Waals surface area contributed by atoms with Gasteiger partial charge in [0.05, 0.1) is 12.5 Å². The largest absolute Gasteiger partial charge is 0.323 e. The Morgan fingerprint density at radius 2 is 1.73 bits per heavy atom. The molecule has 0 heterocycles. The van der Waals surface area contributed by atoms with E-state index in [0.29, 0.717) is 0 Å². The van der Waals surface area contributed by atoms with Crippen molar-refractivity contribution in [2.45, 2.75) is 12.5 Å². The Labute approximate surface area is 90.9 Å². The number of nitriles is 1. The summed E-state index contributed by atoms with van der Waals surface area (Å²) in [4.78, 5) is 0. The molecule has 0 saturated heterocycles. The van der Waals surface area contributed by atoms with E-state index in [1.165, 1.54) is 0 Å². The molecule has 0 bridgehead atoms. The van der Waals surface area contributed by atoms with E-state index in [2.05, 4.69) is 0 Å². The van der Waals surface area contributed by atoms with Gasteiger partial charge < -0.3 is 5.73 Å². The second-order valence-electron chi connectivity index (χ2n) is 2.77. The van der Waals surface area contributed by atoms with Crippen molar-refractivity contribution < 1.29 is 13.2 Å². The van der Waals surface area contributed by atoms with Crippen LogP contribution < -0.4 is 5.73 Å². The first-order chi connectivity index (χ1) is 6.56. The van der Waals surface area contributed by atoms with Crippen LogP contribution >= 0.6 is 12.4 Å². The van der Waals surface area contributed by atoms with E-state index in [4.69, 9.17) is 11.0 Å². The van der Waals surface area contributed by atoms with Crippen molar-refractivity contribution in [2.75, 3.05) is 0 Å². The first-order valence-corrected chi connectivity index (χ1v) is 3.83. The van der Waals surface area contributed by atoms with Crippen molar-refractivity contribution in [2.24, 2.45) is 5.73 Å². The molecule has 0 aliphatic carbocycles. The van der Waals surface area contributed by atoms with Gasteiger partial charge in [-0.15, -0.1) is 12.4 Å². The van der Waals surface area contributed by atoms with Gasteiger partial charge in [-0.1, -0.05) is 0 Å². The molecule has 2 N–H and O–H groups in total. The van der Waals surface area contributed by atoms with E-state index in [0.717, 1.165) is 12.1 Å². The van der Waals surface area contributed by atoms with Crippen LogP contribution in [0.2, 0.25) is 0 Å². The minimum absolute atomic E-state index is 0. The maximum absolute atomic E-state index is 12.7. The fourth-order valence-corrected chi connectivity index (χ4v) is 1.01. The van der Waals surface area contributed by atoms with E-state index in [-0.39, 0.29) is 24.4 Å². The monoisotopic (exact) mass is 236 g/mol. The molecular weight excluding hydrogens is 229 g/mol. The molecule has 0 aliphatic heterocycles. The summed E-state index contributed by atoms with van der Waals surface area (Å²) in [6, 6.07) is 2.54. The second kappa shape index (κ2) is 5.59. The molecule has 15 heavy (non-hydrogen) atoms. The third kappa shape index (κ3) is 3.11. The number of halogens is 4. The Hall–Kier alpha value is -1.25. The van der Waals surface area contributed by atoms with Crippen molar-refractivity contribution in [1.29, 1.82) is 5.26 Å². The molecule has 0 radical (unpaired) electrons. The van der Waals surface area contributed by atoms with Crippen molar-refractivity contribution in [3.63, 3.8) is 0 Å². The highest BCUT2D eigenvalue weighted by Crippen LogP contribution is 2.19. The summed E-state index contributed by atoms with van der Waals surface area (Å²) in [5.74, 6) is -4.13. The molecule has 1 atom stereocenters. The zero-order valence-corrected chi connectivity index (χ0v) is 8.32. The Kier molecular flexibility index (Phi) is 5.12. The van der Waals surface area contributed by atoms with E-state index in [1.54, 1.807) is 6.07 Å². The van der Waals surface area contributed by atoms with Gasteiger partial charge in [-0.2, -0.15) is 5.26 Å². The van der Waals surface area contributed by atoms with Gasteiger partial charge >= 0.3 is 0 Å². The molecule has 0 unspecified atom stereocenters. The lowest BCUT2D eigenvalue weighted by atomic mass is 10.1. The Morgan fingerprint density at radius 1 is 1.27 bits per heavy atom. The first kappa shape index (κ1) is 13.8. The van der Waals surface area contributed by atoms with E-state index >= 15 is 0 Å². The maximum Gasteiger partial charge on any atom is 0.194 e. The van der Waals surface area contributed by atoms with Gasteiger partial charge in [-0.05, 0) is 17.7 Å². The minimum atomic E-state index is -1.53. The molecular formula is C9H8ClF3N2. The molecule has 0 amide bonds. The van der Waals surface area contributed by atoms with Gasteiger partial charge in [-0.3, -0.25) is 0 Å². The van der Waals surface area contributed by atoms with Crippen LogP contribution in [0.5, 0.6) is 0 Å². The molecule has 1 aromatic carbocycles. The molecule has 0 spiro atoms. The molecule has 2 nitrogen and oxygen atoms in total. The average Bonchev–Trinajstić information content (AvgIpc) is 2.13. The molecule has 6 heteroatoms. The van der Waals surface area contributed by atoms with E-state index in [9.17, 15) is 13.2 Å². The number of benzene rings is 1. The lowest BCUT2D eigenvalue weighted by molar-refractivity contribution is 0.443. The van der Waals surface area contributed by atoms with Crippen LogP contribution in [-0.4, -0.2) is 0 Å². The summed E-state index contributed by atoms with van der Waals surface area (Å²) < 4.78 is 37.9. The SMILES string of the molecule is Cl.N#CC[C@H](N)c1cc(F)c(F)c(F)c1. The summed E-state index contributed by atoms with van der Waals surface area (Å²) in [5.41, 5.74) is 5.49. The molecule has 1 rings (SSSR count). The Balaban J connectivity index is 0.00000196. The standard InChI is InChI=1S/C9H7F3N2.ClH/c10-6-3-5(8(14)1-2-13)4-7(11)9(6)12;/h3-4,8H,1,14H2;1H/t8-;/m0./s1. The summed E-state index contributed by atoms with van der Waals surface area (Å²) in [6.45, 7) is 0. The molecule has 0 aromatic heterocycles. The van der Waals surface area contributed by atoms with Gasteiger partial charge in [0.2, 0.25) is 0 Å². The van der Waals surface area contributed by atoms with Crippen molar-refractivity contribution >= 4 is 12.4 Å². The lowest BCUT2D eigenvalue weighted by Crippen LogP contribution is -2.10. The fourth-order valence-electron chi connectivity index (χ4n) is 1.01. The molecule has 0 aliphatic rings. The fraction of sp³-hybridized carbons (Fsp3) is 0.222. The highest BCUT2D eigenvalue weighted by molar-refractivity contribution is 5.85. The smallest absolute Gasteiger partial charge is 0.194 e. The normalized spacial score (nSPS) is 11.4. The van der Waals surface area contributed by atoms with Gasteiger partial charge in [0.25, 0.3) is 0 Å².